The quantitative estimate of drug-likeness (QED) is 0.754. The number of nitrogens with one attached hydrogen (secondary N) is 2. The predicted molar refractivity (Wildman–Crippen MR) is 91.0 cm³/mol. The number of H-pyrrole nitrogens is 1. The van der Waals surface area contributed by atoms with E-state index < -0.39 is 0 Å². The summed E-state index contributed by atoms with van der Waals surface area (Å²) < 4.78 is 1.93. The standard InChI is InChI=1S/C17H20N6O/c1-4-15-18-17(21-20-15)19-16(24)14-7-5-6-13(9-14)10-23-12(3)8-11(2)22-23/h5-9H,4,10H2,1-3H3,(H2,18,19,20,21,24). The van der Waals surface area contributed by atoms with E-state index in [0.29, 0.717) is 18.1 Å². The maximum Gasteiger partial charge on any atom is 0.258 e. The zero-order valence-corrected chi connectivity index (χ0v) is 14.0. The maximum absolute atomic E-state index is 12.4. The van der Waals surface area contributed by atoms with Crippen LogP contribution in [-0.2, 0) is 13.0 Å². The molecule has 0 atom stereocenters. The molecule has 1 amide bonds. The number of rotatable bonds is 5. The highest BCUT2D eigenvalue weighted by molar-refractivity contribution is 6.03. The van der Waals surface area contributed by atoms with Gasteiger partial charge in [0.1, 0.15) is 5.82 Å². The molecule has 0 aliphatic heterocycles. The fourth-order valence-corrected chi connectivity index (χ4v) is 2.50. The molecule has 0 saturated carbocycles. The Morgan fingerprint density at radius 1 is 1.29 bits per heavy atom. The van der Waals surface area contributed by atoms with Gasteiger partial charge in [0.15, 0.2) is 0 Å². The number of carbonyl (C=O) groups is 1. The van der Waals surface area contributed by atoms with Crippen molar-refractivity contribution in [1.29, 1.82) is 0 Å². The second-order valence-electron chi connectivity index (χ2n) is 5.70. The van der Waals surface area contributed by atoms with Crippen molar-refractivity contribution >= 4 is 11.9 Å². The average Bonchev–Trinajstić information content (AvgIpc) is 3.14. The Balaban J connectivity index is 1.74. The van der Waals surface area contributed by atoms with Gasteiger partial charge in [0.25, 0.3) is 5.91 Å². The van der Waals surface area contributed by atoms with Crippen molar-refractivity contribution in [3.05, 3.63) is 58.7 Å². The second-order valence-corrected chi connectivity index (χ2v) is 5.70. The number of aryl methyl sites for hydroxylation is 3. The van der Waals surface area contributed by atoms with E-state index in [4.69, 9.17) is 0 Å². The van der Waals surface area contributed by atoms with Gasteiger partial charge in [-0.3, -0.25) is 19.9 Å². The molecule has 0 bridgehead atoms. The van der Waals surface area contributed by atoms with E-state index in [0.717, 1.165) is 29.2 Å². The fourth-order valence-electron chi connectivity index (χ4n) is 2.50. The van der Waals surface area contributed by atoms with Crippen LogP contribution in [0.25, 0.3) is 0 Å². The van der Waals surface area contributed by atoms with Gasteiger partial charge in [-0.05, 0) is 37.6 Å². The van der Waals surface area contributed by atoms with Gasteiger partial charge in [0.2, 0.25) is 5.95 Å². The SMILES string of the molecule is CCc1nc(NC(=O)c2cccc(Cn3nc(C)cc3C)c2)n[nH]1. The third-order valence-corrected chi connectivity index (χ3v) is 3.72. The smallest absolute Gasteiger partial charge is 0.258 e. The molecule has 2 heterocycles. The van der Waals surface area contributed by atoms with Crippen molar-refractivity contribution in [3.63, 3.8) is 0 Å². The minimum atomic E-state index is -0.230. The summed E-state index contributed by atoms with van der Waals surface area (Å²) in [5.74, 6) is 0.802. The van der Waals surface area contributed by atoms with Crippen LogP contribution in [-0.4, -0.2) is 30.9 Å². The lowest BCUT2D eigenvalue weighted by atomic mass is 10.1. The lowest BCUT2D eigenvalue weighted by molar-refractivity contribution is 0.102. The number of anilines is 1. The summed E-state index contributed by atoms with van der Waals surface area (Å²) in [5.41, 5.74) is 3.66. The molecule has 3 rings (SSSR count). The molecule has 1 aromatic carbocycles. The van der Waals surface area contributed by atoms with E-state index in [1.54, 1.807) is 6.07 Å². The Morgan fingerprint density at radius 2 is 2.12 bits per heavy atom. The van der Waals surface area contributed by atoms with Crippen molar-refractivity contribution in [2.45, 2.75) is 33.7 Å². The summed E-state index contributed by atoms with van der Waals surface area (Å²) in [4.78, 5) is 16.5. The fraction of sp³-hybridized carbons (Fsp3) is 0.294. The Kier molecular flexibility index (Phi) is 4.41. The van der Waals surface area contributed by atoms with Crippen molar-refractivity contribution in [2.75, 3.05) is 5.32 Å². The van der Waals surface area contributed by atoms with Crippen LogP contribution < -0.4 is 5.32 Å². The van der Waals surface area contributed by atoms with Crippen LogP contribution in [0, 0.1) is 13.8 Å². The topological polar surface area (TPSA) is 88.5 Å². The second kappa shape index (κ2) is 6.66. The first-order valence-corrected chi connectivity index (χ1v) is 7.87. The monoisotopic (exact) mass is 324 g/mol. The normalized spacial score (nSPS) is 10.8. The lowest BCUT2D eigenvalue weighted by Gasteiger charge is -2.07. The van der Waals surface area contributed by atoms with E-state index in [9.17, 15) is 4.79 Å². The highest BCUT2D eigenvalue weighted by Crippen LogP contribution is 2.11. The van der Waals surface area contributed by atoms with Crippen molar-refractivity contribution in [1.82, 2.24) is 25.0 Å². The van der Waals surface area contributed by atoms with Crippen LogP contribution in [0.4, 0.5) is 5.95 Å². The molecule has 0 aliphatic rings. The van der Waals surface area contributed by atoms with Gasteiger partial charge in [-0.15, -0.1) is 5.10 Å². The van der Waals surface area contributed by atoms with Crippen molar-refractivity contribution in [2.24, 2.45) is 0 Å². The summed E-state index contributed by atoms with van der Waals surface area (Å²) in [7, 11) is 0. The van der Waals surface area contributed by atoms with Crippen LogP contribution in [0.5, 0.6) is 0 Å². The molecule has 7 nitrogen and oxygen atoms in total. The summed E-state index contributed by atoms with van der Waals surface area (Å²) in [6.45, 7) is 6.58. The third-order valence-electron chi connectivity index (χ3n) is 3.72. The molecule has 0 spiro atoms. The molecule has 124 valence electrons. The zero-order valence-electron chi connectivity index (χ0n) is 14.0. The minimum absolute atomic E-state index is 0.230. The Labute approximate surface area is 140 Å². The van der Waals surface area contributed by atoms with Gasteiger partial charge in [0.05, 0.1) is 12.2 Å². The molecule has 24 heavy (non-hydrogen) atoms. The highest BCUT2D eigenvalue weighted by Gasteiger charge is 2.11. The molecule has 0 aliphatic carbocycles. The van der Waals surface area contributed by atoms with E-state index in [1.165, 1.54) is 0 Å². The van der Waals surface area contributed by atoms with Crippen LogP contribution in [0.15, 0.2) is 30.3 Å². The zero-order chi connectivity index (χ0) is 17.1. The molecule has 0 unspecified atom stereocenters. The largest absolute Gasteiger partial charge is 0.289 e. The summed E-state index contributed by atoms with van der Waals surface area (Å²) in [6, 6.07) is 9.51. The van der Waals surface area contributed by atoms with Gasteiger partial charge in [-0.2, -0.15) is 10.1 Å². The Morgan fingerprint density at radius 3 is 2.79 bits per heavy atom. The van der Waals surface area contributed by atoms with Gasteiger partial charge >= 0.3 is 0 Å². The maximum atomic E-state index is 12.4. The predicted octanol–water partition coefficient (Wildman–Crippen LogP) is 2.48. The first-order chi connectivity index (χ1) is 11.5. The number of amides is 1. The van der Waals surface area contributed by atoms with Gasteiger partial charge < -0.3 is 0 Å². The Hall–Kier alpha value is -2.96. The highest BCUT2D eigenvalue weighted by atomic mass is 16.1. The number of hydrogen-bond acceptors (Lipinski definition) is 4. The average molecular weight is 324 g/mol. The van der Waals surface area contributed by atoms with E-state index in [1.807, 2.05) is 49.7 Å². The van der Waals surface area contributed by atoms with Gasteiger partial charge in [-0.25, -0.2) is 0 Å². The molecule has 0 saturated heterocycles. The van der Waals surface area contributed by atoms with Crippen LogP contribution in [0.3, 0.4) is 0 Å². The van der Waals surface area contributed by atoms with E-state index in [2.05, 4.69) is 25.6 Å². The number of aromatic amines is 1. The van der Waals surface area contributed by atoms with E-state index in [-0.39, 0.29) is 5.91 Å². The number of benzene rings is 1. The van der Waals surface area contributed by atoms with Gasteiger partial charge in [-0.1, -0.05) is 19.1 Å². The Bertz CT molecular complexity index is 864. The van der Waals surface area contributed by atoms with Crippen molar-refractivity contribution in [3.8, 4) is 0 Å². The summed E-state index contributed by atoms with van der Waals surface area (Å²) in [6.07, 6.45) is 0.737. The van der Waals surface area contributed by atoms with Crippen LogP contribution in [0.1, 0.15) is 40.1 Å². The first kappa shape index (κ1) is 15.9. The molecule has 7 heteroatoms. The molecule has 2 aromatic heterocycles. The molecular weight excluding hydrogens is 304 g/mol. The molecule has 3 aromatic rings. The summed E-state index contributed by atoms with van der Waals surface area (Å²) in [5, 5.41) is 13.9. The van der Waals surface area contributed by atoms with Gasteiger partial charge in [0, 0.05) is 17.7 Å². The minimum Gasteiger partial charge on any atom is -0.289 e. The molecule has 0 radical (unpaired) electrons. The molecular formula is C17H20N6O. The number of hydrogen-bond donors (Lipinski definition) is 2. The first-order valence-electron chi connectivity index (χ1n) is 7.87. The van der Waals surface area contributed by atoms with E-state index >= 15 is 0 Å². The number of nitrogens with zero attached hydrogens (tertiary/aromatic N) is 4. The number of carbonyl (C=O) groups excluding carboxylic acids is 1. The van der Waals surface area contributed by atoms with Crippen LogP contribution >= 0.6 is 0 Å². The van der Waals surface area contributed by atoms with Crippen molar-refractivity contribution < 1.29 is 4.79 Å². The summed E-state index contributed by atoms with van der Waals surface area (Å²) >= 11 is 0. The number of aromatic nitrogens is 5. The molecule has 0 fully saturated rings. The van der Waals surface area contributed by atoms with Crippen LogP contribution in [0.2, 0.25) is 0 Å². The molecule has 2 N–H and O–H groups in total. The third kappa shape index (κ3) is 3.51. The lowest BCUT2D eigenvalue weighted by Crippen LogP contribution is -2.14.